The van der Waals surface area contributed by atoms with Crippen molar-refractivity contribution in [2.45, 2.75) is 13.0 Å². The van der Waals surface area contributed by atoms with Gasteiger partial charge >= 0.3 is 0 Å². The number of nitrogens with zero attached hydrogens (tertiary/aromatic N) is 3. The number of benzene rings is 3. The highest BCUT2D eigenvalue weighted by Gasteiger charge is 2.29. The molecule has 0 saturated carbocycles. The van der Waals surface area contributed by atoms with Gasteiger partial charge in [0.2, 0.25) is 5.91 Å². The number of amides is 2. The van der Waals surface area contributed by atoms with Crippen LogP contribution in [0, 0.1) is 0 Å². The molecule has 1 saturated heterocycles. The second kappa shape index (κ2) is 8.98. The van der Waals surface area contributed by atoms with Crippen LogP contribution in [-0.4, -0.2) is 50.0 Å². The highest BCUT2D eigenvalue weighted by molar-refractivity contribution is 6.03. The van der Waals surface area contributed by atoms with Gasteiger partial charge in [-0.05, 0) is 41.5 Å². The third-order valence-corrected chi connectivity index (χ3v) is 6.43. The maximum atomic E-state index is 13.2. The maximum absolute atomic E-state index is 13.2. The molecule has 0 unspecified atom stereocenters. The topological polar surface area (TPSA) is 53.1 Å². The molecule has 1 fully saturated rings. The third kappa shape index (κ3) is 4.29. The normalized spacial score (nSPS) is 15.5. The van der Waals surface area contributed by atoms with Crippen molar-refractivity contribution in [3.63, 3.8) is 0 Å². The molecule has 2 aliphatic rings. The summed E-state index contributed by atoms with van der Waals surface area (Å²) >= 11 is 0. The summed E-state index contributed by atoms with van der Waals surface area (Å²) in [6, 6.07) is 23.7. The molecule has 168 valence electrons. The van der Waals surface area contributed by atoms with E-state index in [1.165, 1.54) is 0 Å². The van der Waals surface area contributed by atoms with Crippen LogP contribution < -0.4 is 14.5 Å². The number of hydrogen-bond acceptors (Lipinski definition) is 4. The lowest BCUT2D eigenvalue weighted by Gasteiger charge is -2.36. The van der Waals surface area contributed by atoms with E-state index in [9.17, 15) is 9.59 Å². The molecule has 0 atom stereocenters. The quantitative estimate of drug-likeness (QED) is 0.605. The largest absolute Gasteiger partial charge is 0.497 e. The number of anilines is 2. The molecule has 5 rings (SSSR count). The maximum Gasteiger partial charge on any atom is 0.253 e. The monoisotopic (exact) mass is 441 g/mol. The first-order chi connectivity index (χ1) is 16.1. The summed E-state index contributed by atoms with van der Waals surface area (Å²) in [6.45, 7) is 3.41. The zero-order valence-electron chi connectivity index (χ0n) is 18.7. The fraction of sp³-hybridized carbons (Fsp3) is 0.259. The van der Waals surface area contributed by atoms with E-state index in [0.717, 1.165) is 41.3 Å². The predicted octanol–water partition coefficient (Wildman–Crippen LogP) is 3.75. The van der Waals surface area contributed by atoms with E-state index in [1.54, 1.807) is 7.11 Å². The van der Waals surface area contributed by atoms with E-state index in [2.05, 4.69) is 11.0 Å². The van der Waals surface area contributed by atoms with Crippen molar-refractivity contribution in [1.82, 2.24) is 4.90 Å². The van der Waals surface area contributed by atoms with Gasteiger partial charge in [0.15, 0.2) is 0 Å². The number of rotatable bonds is 5. The van der Waals surface area contributed by atoms with Crippen molar-refractivity contribution in [2.24, 2.45) is 0 Å². The summed E-state index contributed by atoms with van der Waals surface area (Å²) < 4.78 is 5.33. The first-order valence-corrected chi connectivity index (χ1v) is 11.3. The van der Waals surface area contributed by atoms with E-state index in [0.29, 0.717) is 31.6 Å². The smallest absolute Gasteiger partial charge is 0.253 e. The molecule has 0 aromatic heterocycles. The first kappa shape index (κ1) is 21.1. The lowest BCUT2D eigenvalue weighted by Crippen LogP contribution is -2.48. The van der Waals surface area contributed by atoms with Crippen LogP contribution in [0.15, 0.2) is 72.8 Å². The molecule has 0 N–H and O–H groups in total. The molecule has 0 radical (unpaired) electrons. The lowest BCUT2D eigenvalue weighted by molar-refractivity contribution is -0.117. The fourth-order valence-electron chi connectivity index (χ4n) is 4.61. The molecular weight excluding hydrogens is 414 g/mol. The molecule has 3 aromatic carbocycles. The average molecular weight is 442 g/mol. The Morgan fingerprint density at radius 1 is 0.909 bits per heavy atom. The van der Waals surface area contributed by atoms with Gasteiger partial charge in [-0.3, -0.25) is 9.59 Å². The second-order valence-corrected chi connectivity index (χ2v) is 8.47. The van der Waals surface area contributed by atoms with Gasteiger partial charge in [-0.2, -0.15) is 0 Å². The van der Waals surface area contributed by atoms with E-state index in [1.807, 2.05) is 76.5 Å². The zero-order valence-corrected chi connectivity index (χ0v) is 18.7. The van der Waals surface area contributed by atoms with Crippen molar-refractivity contribution in [3.8, 4) is 5.75 Å². The molecule has 2 amide bonds. The second-order valence-electron chi connectivity index (χ2n) is 8.47. The van der Waals surface area contributed by atoms with Gasteiger partial charge in [0.1, 0.15) is 5.75 Å². The number of piperazine rings is 1. The van der Waals surface area contributed by atoms with Crippen LogP contribution in [0.5, 0.6) is 5.75 Å². The fourth-order valence-corrected chi connectivity index (χ4v) is 4.61. The van der Waals surface area contributed by atoms with Crippen LogP contribution in [0.1, 0.15) is 21.5 Å². The molecule has 33 heavy (non-hydrogen) atoms. The van der Waals surface area contributed by atoms with Crippen molar-refractivity contribution >= 4 is 23.2 Å². The van der Waals surface area contributed by atoms with E-state index in [-0.39, 0.29) is 11.8 Å². The van der Waals surface area contributed by atoms with E-state index >= 15 is 0 Å². The Morgan fingerprint density at radius 2 is 1.70 bits per heavy atom. The van der Waals surface area contributed by atoms with Crippen molar-refractivity contribution in [1.29, 1.82) is 0 Å². The molecule has 2 heterocycles. The summed E-state index contributed by atoms with van der Waals surface area (Å²) in [6.07, 6.45) is 0.340. The van der Waals surface area contributed by atoms with Gasteiger partial charge in [-0.25, -0.2) is 0 Å². The first-order valence-electron chi connectivity index (χ1n) is 11.3. The molecule has 0 bridgehead atoms. The molecule has 2 aliphatic heterocycles. The summed E-state index contributed by atoms with van der Waals surface area (Å²) in [5, 5.41) is 0. The molecule has 0 aliphatic carbocycles. The number of ether oxygens (including phenoxy) is 1. The number of hydrogen-bond donors (Lipinski definition) is 0. The van der Waals surface area contributed by atoms with Gasteiger partial charge in [0, 0.05) is 49.2 Å². The van der Waals surface area contributed by atoms with Gasteiger partial charge < -0.3 is 19.4 Å². The zero-order chi connectivity index (χ0) is 22.8. The van der Waals surface area contributed by atoms with Crippen LogP contribution >= 0.6 is 0 Å². The Bertz CT molecular complexity index is 1170. The molecule has 0 spiro atoms. The van der Waals surface area contributed by atoms with Crippen LogP contribution in [0.25, 0.3) is 0 Å². The third-order valence-electron chi connectivity index (χ3n) is 6.43. The Hall–Kier alpha value is -3.80. The highest BCUT2D eigenvalue weighted by atomic mass is 16.5. The SMILES string of the molecule is COc1cccc(N2CCN(C(=O)c3ccc4c(c3)CC(=O)N4Cc3ccccc3)CC2)c1. The number of carbonyl (C=O) groups excluding carboxylic acids is 2. The predicted molar refractivity (Wildman–Crippen MR) is 129 cm³/mol. The van der Waals surface area contributed by atoms with Crippen molar-refractivity contribution in [3.05, 3.63) is 89.5 Å². The number of methoxy groups -OCH3 is 1. The van der Waals surface area contributed by atoms with Crippen LogP contribution in [0.4, 0.5) is 11.4 Å². The minimum Gasteiger partial charge on any atom is -0.497 e. The average Bonchev–Trinajstić information content (AvgIpc) is 3.18. The van der Waals surface area contributed by atoms with Crippen LogP contribution in [-0.2, 0) is 17.8 Å². The summed E-state index contributed by atoms with van der Waals surface area (Å²) in [5.74, 6) is 0.933. The van der Waals surface area contributed by atoms with E-state index < -0.39 is 0 Å². The summed E-state index contributed by atoms with van der Waals surface area (Å²) in [7, 11) is 1.67. The van der Waals surface area contributed by atoms with Gasteiger partial charge in [0.25, 0.3) is 5.91 Å². The number of fused-ring (bicyclic) bond motifs is 1. The standard InChI is InChI=1S/C27H27N3O3/c1-33-24-9-5-8-23(18-24)28-12-14-29(15-13-28)27(32)21-10-11-25-22(16-21)17-26(31)30(25)19-20-6-3-2-4-7-20/h2-11,16,18H,12-15,17,19H2,1H3. The molecular formula is C27H27N3O3. The molecule has 6 heteroatoms. The Balaban J connectivity index is 1.26. The minimum absolute atomic E-state index is 0.0250. The molecule has 3 aromatic rings. The van der Waals surface area contributed by atoms with Crippen molar-refractivity contribution < 1.29 is 14.3 Å². The van der Waals surface area contributed by atoms with Gasteiger partial charge in [-0.1, -0.05) is 36.4 Å². The Kier molecular flexibility index (Phi) is 5.73. The number of carbonyl (C=O) groups is 2. The van der Waals surface area contributed by atoms with Gasteiger partial charge in [-0.15, -0.1) is 0 Å². The Labute approximate surface area is 194 Å². The lowest BCUT2D eigenvalue weighted by atomic mass is 10.1. The summed E-state index contributed by atoms with van der Waals surface area (Å²) in [4.78, 5) is 31.8. The summed E-state index contributed by atoms with van der Waals surface area (Å²) in [5.41, 5.74) is 4.68. The minimum atomic E-state index is 0.0250. The van der Waals surface area contributed by atoms with Crippen molar-refractivity contribution in [2.75, 3.05) is 43.1 Å². The Morgan fingerprint density at radius 3 is 2.45 bits per heavy atom. The van der Waals surface area contributed by atoms with Crippen LogP contribution in [0.2, 0.25) is 0 Å². The van der Waals surface area contributed by atoms with Gasteiger partial charge in [0.05, 0.1) is 20.1 Å². The van der Waals surface area contributed by atoms with Crippen LogP contribution in [0.3, 0.4) is 0 Å². The molecule has 6 nitrogen and oxygen atoms in total. The van der Waals surface area contributed by atoms with E-state index in [4.69, 9.17) is 4.74 Å². The highest BCUT2D eigenvalue weighted by Crippen LogP contribution is 2.31.